The van der Waals surface area contributed by atoms with E-state index in [0.717, 1.165) is 71.2 Å². The van der Waals surface area contributed by atoms with Crippen molar-refractivity contribution in [2.45, 2.75) is 90.3 Å². The summed E-state index contributed by atoms with van der Waals surface area (Å²) in [5.41, 5.74) is -1.03. The van der Waals surface area contributed by atoms with Crippen LogP contribution in [-0.4, -0.2) is 111 Å². The summed E-state index contributed by atoms with van der Waals surface area (Å²) in [4.78, 5) is 37.0. The van der Waals surface area contributed by atoms with E-state index in [2.05, 4.69) is 30.3 Å². The number of likely N-dealkylation sites (tertiary alicyclic amines) is 1. The molecule has 3 aliphatic heterocycles. The van der Waals surface area contributed by atoms with Gasteiger partial charge in [0.1, 0.15) is 17.9 Å². The van der Waals surface area contributed by atoms with E-state index in [1.165, 1.54) is 24.5 Å². The summed E-state index contributed by atoms with van der Waals surface area (Å²) < 4.78 is 20.5. The Balaban J connectivity index is 1.03. The van der Waals surface area contributed by atoms with Crippen molar-refractivity contribution in [1.82, 2.24) is 30.3 Å². The summed E-state index contributed by atoms with van der Waals surface area (Å²) in [5.74, 6) is 0.486. The molecule has 0 atom stereocenters. The molecule has 3 saturated heterocycles. The summed E-state index contributed by atoms with van der Waals surface area (Å²) in [5, 5.41) is 30.9. The minimum Gasteiger partial charge on any atom is -0.434 e. The number of nitrogens with zero attached hydrogens (tertiary/aromatic N) is 6. The molecule has 2 amide bonds. The minimum absolute atomic E-state index is 0.0807. The van der Waals surface area contributed by atoms with E-state index in [-0.39, 0.29) is 65.3 Å². The van der Waals surface area contributed by atoms with E-state index in [1.807, 2.05) is 27.7 Å². The number of ether oxygens (including phenoxy) is 1. The fourth-order valence-electron chi connectivity index (χ4n) is 8.58. The predicted octanol–water partition coefficient (Wildman–Crippen LogP) is 3.38. The van der Waals surface area contributed by atoms with Crippen molar-refractivity contribution in [3.8, 4) is 11.6 Å². The molecular weight excluding hydrogens is 617 g/mol. The number of hydrogen-bond donors (Lipinski definition) is 3. The van der Waals surface area contributed by atoms with E-state index < -0.39 is 11.2 Å². The van der Waals surface area contributed by atoms with Gasteiger partial charge in [0.2, 0.25) is 5.91 Å². The third-order valence-electron chi connectivity index (χ3n) is 11.3. The van der Waals surface area contributed by atoms with Crippen LogP contribution in [-0.2, 0) is 4.79 Å². The van der Waals surface area contributed by atoms with Gasteiger partial charge in [-0.2, -0.15) is 0 Å². The van der Waals surface area contributed by atoms with Crippen LogP contribution in [0.3, 0.4) is 0 Å². The van der Waals surface area contributed by atoms with Gasteiger partial charge in [-0.05, 0) is 110 Å². The highest BCUT2D eigenvalue weighted by molar-refractivity contribution is 5.97. The summed E-state index contributed by atoms with van der Waals surface area (Å²) in [6, 6.07) is 3.78. The molecule has 2 spiro atoms. The Morgan fingerprint density at radius 1 is 1.08 bits per heavy atom. The Bertz CT molecular complexity index is 1470. The Morgan fingerprint density at radius 3 is 2.35 bits per heavy atom. The molecule has 4 fully saturated rings. The van der Waals surface area contributed by atoms with Crippen LogP contribution in [0.2, 0.25) is 0 Å². The fourth-order valence-corrected chi connectivity index (χ4v) is 8.58. The molecule has 1 aromatic carbocycles. The lowest BCUT2D eigenvalue weighted by Crippen LogP contribution is -2.61. The number of nitrogens with one attached hydrogen (secondary N) is 1. The van der Waals surface area contributed by atoms with Crippen molar-refractivity contribution < 1.29 is 28.9 Å². The van der Waals surface area contributed by atoms with Gasteiger partial charge < -0.3 is 35.0 Å². The van der Waals surface area contributed by atoms with E-state index in [0.29, 0.717) is 18.2 Å². The number of aliphatic hydroxyl groups is 2. The molecule has 13 heteroatoms. The third kappa shape index (κ3) is 6.60. The molecule has 4 heterocycles. The van der Waals surface area contributed by atoms with Crippen molar-refractivity contribution in [2.75, 3.05) is 50.8 Å². The highest BCUT2D eigenvalue weighted by Crippen LogP contribution is 2.47. The van der Waals surface area contributed by atoms with Crippen LogP contribution in [0.25, 0.3) is 0 Å². The van der Waals surface area contributed by atoms with Gasteiger partial charge in [-0.1, -0.05) is 0 Å². The van der Waals surface area contributed by atoms with Gasteiger partial charge in [0.15, 0.2) is 5.82 Å². The van der Waals surface area contributed by atoms with Crippen molar-refractivity contribution >= 4 is 17.6 Å². The van der Waals surface area contributed by atoms with Gasteiger partial charge in [0.05, 0.1) is 24.2 Å². The maximum Gasteiger partial charge on any atom is 0.282 e. The Kier molecular flexibility index (Phi) is 9.67. The molecule has 1 aromatic heterocycles. The number of aliphatic hydroxyl groups excluding tert-OH is 2. The summed E-state index contributed by atoms with van der Waals surface area (Å²) in [7, 11) is 0. The lowest BCUT2D eigenvalue weighted by Gasteiger charge is -2.54. The highest BCUT2D eigenvalue weighted by Gasteiger charge is 2.54. The number of amides is 2. The van der Waals surface area contributed by atoms with Crippen molar-refractivity contribution in [3.63, 3.8) is 0 Å². The molecule has 4 aliphatic rings. The molecular formula is C35H50FN7O5. The van der Waals surface area contributed by atoms with Crippen molar-refractivity contribution in [3.05, 3.63) is 35.9 Å². The first-order valence-electron chi connectivity index (χ1n) is 17.4. The van der Waals surface area contributed by atoms with Crippen molar-refractivity contribution in [2.24, 2.45) is 16.7 Å². The van der Waals surface area contributed by atoms with E-state index >= 15 is 0 Å². The summed E-state index contributed by atoms with van der Waals surface area (Å²) >= 11 is 0. The number of halogens is 1. The second kappa shape index (κ2) is 13.5. The van der Waals surface area contributed by atoms with Gasteiger partial charge >= 0.3 is 0 Å². The second-order valence-corrected chi connectivity index (χ2v) is 15.3. The standard InChI is InChI=1S/C35H50FN7O5/c1-23(2)43(24(3)4)31(46)27-15-26(36)5-6-28(27)48-30-29(37-22-38-40-30)42-18-33(19-42)11-13-41(14-12-33)16-25-7-9-35(10-8-25)17-34(20-44,21-45)32(47)39-35/h5-6,15,22-25,44-45H,7-14,16-21H2,1-4H3,(H,39,47). The first-order valence-corrected chi connectivity index (χ1v) is 17.4. The summed E-state index contributed by atoms with van der Waals surface area (Å²) in [6.07, 6.45) is 7.89. The van der Waals surface area contributed by atoms with Gasteiger partial charge in [0.25, 0.3) is 11.8 Å². The molecule has 2 aromatic rings. The number of anilines is 1. The van der Waals surface area contributed by atoms with E-state index in [4.69, 9.17) is 4.74 Å². The molecule has 6 rings (SSSR count). The number of piperidine rings is 1. The SMILES string of the molecule is CC(C)N(C(=O)c1cc(F)ccc1Oc1nncnc1N1CC2(CCN(CC3CCC4(CC3)CC(CO)(CO)C(=O)N4)CC2)C1)C(C)C. The monoisotopic (exact) mass is 667 g/mol. The van der Waals surface area contributed by atoms with E-state index in [9.17, 15) is 24.2 Å². The van der Waals surface area contributed by atoms with Crippen LogP contribution in [0.4, 0.5) is 10.2 Å². The average molecular weight is 668 g/mol. The van der Waals surface area contributed by atoms with Crippen LogP contribution in [0.15, 0.2) is 24.5 Å². The number of aromatic nitrogens is 3. The maximum absolute atomic E-state index is 14.4. The zero-order chi connectivity index (χ0) is 34.3. The zero-order valence-electron chi connectivity index (χ0n) is 28.6. The van der Waals surface area contributed by atoms with Crippen molar-refractivity contribution in [1.29, 1.82) is 0 Å². The second-order valence-electron chi connectivity index (χ2n) is 15.3. The number of benzene rings is 1. The first kappa shape index (κ1) is 34.4. The number of hydrogen-bond acceptors (Lipinski definition) is 10. The van der Waals surface area contributed by atoms with Gasteiger partial charge in [-0.25, -0.2) is 9.37 Å². The normalized spacial score (nSPS) is 25.1. The highest BCUT2D eigenvalue weighted by atomic mass is 19.1. The number of carbonyl (C=O) groups excluding carboxylic acids is 2. The van der Waals surface area contributed by atoms with Crippen LogP contribution >= 0.6 is 0 Å². The lowest BCUT2D eigenvalue weighted by molar-refractivity contribution is -0.132. The molecule has 12 nitrogen and oxygen atoms in total. The lowest BCUT2D eigenvalue weighted by atomic mass is 9.70. The molecule has 262 valence electrons. The van der Waals surface area contributed by atoms with Crippen LogP contribution in [0.1, 0.15) is 83.0 Å². The molecule has 1 saturated carbocycles. The van der Waals surface area contributed by atoms with Crippen LogP contribution in [0, 0.1) is 22.6 Å². The fraction of sp³-hybridized carbons (Fsp3) is 0.686. The quantitative estimate of drug-likeness (QED) is 0.345. The topological polar surface area (TPSA) is 144 Å². The van der Waals surface area contributed by atoms with E-state index in [1.54, 1.807) is 4.90 Å². The Labute approximate surface area is 282 Å². The Hall–Kier alpha value is -3.42. The molecule has 1 aliphatic carbocycles. The predicted molar refractivity (Wildman–Crippen MR) is 177 cm³/mol. The maximum atomic E-state index is 14.4. The first-order chi connectivity index (χ1) is 22.9. The number of rotatable bonds is 10. The van der Waals surface area contributed by atoms with Gasteiger partial charge in [-0.3, -0.25) is 9.59 Å². The molecule has 48 heavy (non-hydrogen) atoms. The molecule has 0 bridgehead atoms. The van der Waals surface area contributed by atoms with Crippen LogP contribution < -0.4 is 15.0 Å². The number of carbonyl (C=O) groups is 2. The minimum atomic E-state index is -1.05. The largest absolute Gasteiger partial charge is 0.434 e. The molecule has 3 N–H and O–H groups in total. The molecule has 0 radical (unpaired) electrons. The molecule has 0 unspecified atom stereocenters. The van der Waals surface area contributed by atoms with Gasteiger partial charge in [-0.15, -0.1) is 10.2 Å². The third-order valence-corrected chi connectivity index (χ3v) is 11.3. The zero-order valence-corrected chi connectivity index (χ0v) is 28.6. The summed E-state index contributed by atoms with van der Waals surface area (Å²) in [6.45, 7) is 11.8. The average Bonchev–Trinajstić information content (AvgIpc) is 3.33. The van der Waals surface area contributed by atoms with Gasteiger partial charge in [0, 0.05) is 42.7 Å². The van der Waals surface area contributed by atoms with Crippen LogP contribution in [0.5, 0.6) is 11.6 Å². The Morgan fingerprint density at radius 2 is 1.75 bits per heavy atom. The smallest absolute Gasteiger partial charge is 0.282 e.